The lowest BCUT2D eigenvalue weighted by atomic mass is 10.0. The van der Waals surface area contributed by atoms with Gasteiger partial charge >= 0.3 is 5.97 Å². The Balaban J connectivity index is 1.57. The first-order valence-corrected chi connectivity index (χ1v) is 11.8. The summed E-state index contributed by atoms with van der Waals surface area (Å²) < 4.78 is 22.2. The number of fused-ring (bicyclic) bond motifs is 1. The lowest BCUT2D eigenvalue weighted by Crippen LogP contribution is -2.25. The summed E-state index contributed by atoms with van der Waals surface area (Å²) in [5.41, 5.74) is 3.65. The highest BCUT2D eigenvalue weighted by Gasteiger charge is 2.35. The molecule has 1 aliphatic heterocycles. The molecule has 1 aliphatic rings. The number of hydrazone groups is 1. The second kappa shape index (κ2) is 10.2. The summed E-state index contributed by atoms with van der Waals surface area (Å²) in [5.74, 6) is 0.810. The predicted molar refractivity (Wildman–Crippen MR) is 141 cm³/mol. The van der Waals surface area contributed by atoms with Crippen LogP contribution >= 0.6 is 0 Å². The van der Waals surface area contributed by atoms with Crippen LogP contribution in [0.1, 0.15) is 31.2 Å². The maximum Gasteiger partial charge on any atom is 0.308 e. The largest absolute Gasteiger partial charge is 0.497 e. The Hall–Kier alpha value is -4.92. The van der Waals surface area contributed by atoms with Crippen LogP contribution in [0.2, 0.25) is 0 Å². The van der Waals surface area contributed by atoms with Crippen LogP contribution in [0.15, 0.2) is 77.9 Å². The molecule has 9 heteroatoms. The zero-order chi connectivity index (χ0) is 26.8. The molecule has 0 spiro atoms. The monoisotopic (exact) mass is 511 g/mol. The molecule has 0 saturated carbocycles. The molecule has 3 aromatic carbocycles. The highest BCUT2D eigenvalue weighted by molar-refractivity contribution is 5.97. The third-order valence-corrected chi connectivity index (χ3v) is 6.03. The third kappa shape index (κ3) is 4.73. The predicted octanol–water partition coefficient (Wildman–Crippen LogP) is 5.08. The Morgan fingerprint density at radius 2 is 1.61 bits per heavy atom. The number of para-hydroxylation sites is 1. The van der Waals surface area contributed by atoms with Crippen molar-refractivity contribution in [3.63, 3.8) is 0 Å². The minimum absolute atomic E-state index is 0.227. The van der Waals surface area contributed by atoms with Gasteiger partial charge in [-0.2, -0.15) is 5.01 Å². The van der Waals surface area contributed by atoms with Gasteiger partial charge in [0.25, 0.3) is 0 Å². The Kier molecular flexibility index (Phi) is 6.66. The van der Waals surface area contributed by atoms with Gasteiger partial charge in [0.05, 0.1) is 25.4 Å². The van der Waals surface area contributed by atoms with Crippen LogP contribution in [-0.2, 0) is 14.3 Å². The van der Waals surface area contributed by atoms with Crippen molar-refractivity contribution in [2.45, 2.75) is 20.1 Å². The molecule has 5 rings (SSSR count). The Morgan fingerprint density at radius 3 is 2.29 bits per heavy atom. The number of hydrogen-bond donors (Lipinski definition) is 0. The van der Waals surface area contributed by atoms with Gasteiger partial charge in [-0.15, -0.1) is 5.10 Å². The third-order valence-electron chi connectivity index (χ3n) is 6.03. The van der Waals surface area contributed by atoms with Crippen molar-refractivity contribution in [1.82, 2.24) is 9.99 Å². The summed E-state index contributed by atoms with van der Waals surface area (Å²) >= 11 is 0. The van der Waals surface area contributed by atoms with Crippen molar-refractivity contribution in [3.05, 3.63) is 83.9 Å². The average molecular weight is 512 g/mol. The first-order chi connectivity index (χ1) is 18.4. The molecular formula is C29H25N3O6. The fourth-order valence-corrected chi connectivity index (χ4v) is 4.24. The van der Waals surface area contributed by atoms with E-state index in [4.69, 9.17) is 23.9 Å². The second-order valence-electron chi connectivity index (χ2n) is 8.54. The van der Waals surface area contributed by atoms with E-state index >= 15 is 0 Å². The molecule has 1 amide bonds. The van der Waals surface area contributed by atoms with E-state index in [2.05, 4.69) is 5.10 Å². The van der Waals surface area contributed by atoms with Crippen molar-refractivity contribution in [1.29, 1.82) is 0 Å². The van der Waals surface area contributed by atoms with Crippen LogP contribution in [0.5, 0.6) is 17.2 Å². The van der Waals surface area contributed by atoms with Crippen LogP contribution < -0.4 is 14.2 Å². The molecular weight excluding hydrogens is 486 g/mol. The average Bonchev–Trinajstić information content (AvgIpc) is 3.38. The van der Waals surface area contributed by atoms with E-state index in [1.165, 1.54) is 26.0 Å². The van der Waals surface area contributed by atoms with Crippen molar-refractivity contribution < 1.29 is 28.5 Å². The van der Waals surface area contributed by atoms with E-state index in [1.54, 1.807) is 25.3 Å². The van der Waals surface area contributed by atoms with Crippen molar-refractivity contribution in [2.75, 3.05) is 14.2 Å². The fraction of sp³-hybridized carbons (Fsp3) is 0.172. The number of esters is 1. The molecule has 0 fully saturated rings. The molecule has 38 heavy (non-hydrogen) atoms. The molecule has 1 unspecified atom stereocenters. The van der Waals surface area contributed by atoms with Crippen LogP contribution in [0.25, 0.3) is 22.2 Å². The highest BCUT2D eigenvalue weighted by atomic mass is 16.6. The van der Waals surface area contributed by atoms with Gasteiger partial charge in [-0.3, -0.25) is 9.59 Å². The summed E-state index contributed by atoms with van der Waals surface area (Å²) in [7, 11) is 3.09. The molecule has 9 nitrogen and oxygen atoms in total. The minimum Gasteiger partial charge on any atom is -0.497 e. The number of aromatic nitrogens is 1. The van der Waals surface area contributed by atoms with E-state index in [9.17, 15) is 9.59 Å². The first kappa shape index (κ1) is 24.8. The van der Waals surface area contributed by atoms with E-state index in [-0.39, 0.29) is 17.6 Å². The van der Waals surface area contributed by atoms with Gasteiger partial charge in [-0.25, -0.2) is 4.98 Å². The molecule has 0 N–H and O–H groups in total. The van der Waals surface area contributed by atoms with Crippen LogP contribution in [-0.4, -0.2) is 42.0 Å². The van der Waals surface area contributed by atoms with E-state index < -0.39 is 12.2 Å². The summed E-state index contributed by atoms with van der Waals surface area (Å²) in [6.07, 6.45) is -0.827. The Labute approximate surface area is 219 Å². The van der Waals surface area contributed by atoms with E-state index in [1.807, 2.05) is 54.6 Å². The quantitative estimate of drug-likeness (QED) is 0.263. The molecule has 192 valence electrons. The summed E-state index contributed by atoms with van der Waals surface area (Å²) in [6, 6.07) is 22.1. The number of pyridine rings is 1. The fourth-order valence-electron chi connectivity index (χ4n) is 4.24. The van der Waals surface area contributed by atoms with Gasteiger partial charge in [0.1, 0.15) is 5.75 Å². The summed E-state index contributed by atoms with van der Waals surface area (Å²) in [5, 5.41) is 6.63. The topological polar surface area (TPSA) is 99.5 Å². The molecule has 0 radical (unpaired) electrons. The Morgan fingerprint density at radius 1 is 0.868 bits per heavy atom. The molecule has 4 aromatic rings. The molecule has 1 aromatic heterocycles. The standard InChI is InChI=1S/C29H25N3O6/c1-17(33)32-29(38-28(31-32)20-11-14-26(37-18(2)34)27(15-20)36-4)23-16-25(19-9-12-21(35-3)13-10-19)30-24-8-6-5-7-22(23)24/h5-16,29H,1-4H3. The van der Waals surface area contributed by atoms with E-state index in [0.717, 1.165) is 27.8 Å². The number of amides is 1. The number of benzene rings is 3. The number of ether oxygens (including phenoxy) is 4. The number of carbonyl (C=O) groups excluding carboxylic acids is 2. The lowest BCUT2D eigenvalue weighted by molar-refractivity contribution is -0.135. The number of methoxy groups -OCH3 is 2. The number of nitrogens with zero attached hydrogens (tertiary/aromatic N) is 3. The number of hydrogen-bond acceptors (Lipinski definition) is 8. The normalized spacial score (nSPS) is 14.6. The van der Waals surface area contributed by atoms with Gasteiger partial charge in [0.15, 0.2) is 11.5 Å². The minimum atomic E-state index is -0.827. The van der Waals surface area contributed by atoms with Gasteiger partial charge in [0.2, 0.25) is 18.0 Å². The maximum absolute atomic E-state index is 12.7. The van der Waals surface area contributed by atoms with Crippen molar-refractivity contribution in [2.24, 2.45) is 5.10 Å². The zero-order valence-electron chi connectivity index (χ0n) is 21.3. The highest BCUT2D eigenvalue weighted by Crippen LogP contribution is 2.38. The second-order valence-corrected chi connectivity index (χ2v) is 8.54. The molecule has 0 aliphatic carbocycles. The maximum atomic E-state index is 12.7. The zero-order valence-corrected chi connectivity index (χ0v) is 21.3. The smallest absolute Gasteiger partial charge is 0.308 e. The number of rotatable bonds is 6. The van der Waals surface area contributed by atoms with Gasteiger partial charge in [-0.05, 0) is 54.6 Å². The Bertz CT molecular complexity index is 1560. The van der Waals surface area contributed by atoms with Crippen LogP contribution in [0.4, 0.5) is 0 Å². The lowest BCUT2D eigenvalue weighted by Gasteiger charge is -2.21. The van der Waals surface area contributed by atoms with E-state index in [0.29, 0.717) is 17.0 Å². The summed E-state index contributed by atoms with van der Waals surface area (Å²) in [6.45, 7) is 2.74. The molecule has 2 heterocycles. The van der Waals surface area contributed by atoms with Gasteiger partial charge in [-0.1, -0.05) is 18.2 Å². The van der Waals surface area contributed by atoms with Crippen LogP contribution in [0, 0.1) is 0 Å². The van der Waals surface area contributed by atoms with Crippen molar-refractivity contribution in [3.8, 4) is 28.5 Å². The summed E-state index contributed by atoms with van der Waals surface area (Å²) in [4.78, 5) is 29.0. The SMILES string of the molecule is COc1ccc(-c2cc(C3OC(c4ccc(OC(C)=O)c(OC)c4)=NN3C(C)=O)c3ccccc3n2)cc1. The number of carbonyl (C=O) groups is 2. The molecule has 0 saturated heterocycles. The van der Waals surface area contributed by atoms with Gasteiger partial charge < -0.3 is 18.9 Å². The van der Waals surface area contributed by atoms with Crippen molar-refractivity contribution >= 4 is 28.7 Å². The van der Waals surface area contributed by atoms with Crippen LogP contribution in [0.3, 0.4) is 0 Å². The molecule has 1 atom stereocenters. The first-order valence-electron chi connectivity index (χ1n) is 11.8. The molecule has 0 bridgehead atoms. The van der Waals surface area contributed by atoms with Gasteiger partial charge in [0, 0.05) is 35.9 Å².